The minimum Gasteiger partial charge on any atom is -0.389 e. The third-order valence-corrected chi connectivity index (χ3v) is 1.95. The van der Waals surface area contributed by atoms with E-state index in [0.717, 1.165) is 12.1 Å². The summed E-state index contributed by atoms with van der Waals surface area (Å²) < 4.78 is 49.0. The number of aliphatic hydroxyl groups excluding tert-OH is 1. The van der Waals surface area contributed by atoms with Crippen LogP contribution in [0.15, 0.2) is 18.2 Å². The summed E-state index contributed by atoms with van der Waals surface area (Å²) in [4.78, 5) is 0. The van der Waals surface area contributed by atoms with Crippen molar-refractivity contribution in [2.75, 3.05) is 0 Å². The van der Waals surface area contributed by atoms with Crippen molar-refractivity contribution in [1.82, 2.24) is 0 Å². The molecule has 1 aromatic carbocycles. The van der Waals surface area contributed by atoms with Crippen LogP contribution in [-0.2, 0) is 6.42 Å². The zero-order valence-electron chi connectivity index (χ0n) is 7.98. The number of aliphatic hydroxyl groups is 1. The molecule has 1 unspecified atom stereocenters. The highest BCUT2D eigenvalue weighted by Crippen LogP contribution is 2.24. The Labute approximate surface area is 84.3 Å². The predicted molar refractivity (Wildman–Crippen MR) is 46.8 cm³/mol. The van der Waals surface area contributed by atoms with E-state index in [9.17, 15) is 17.6 Å². The number of hydrogen-bond acceptors (Lipinski definition) is 1. The Morgan fingerprint density at radius 1 is 1.33 bits per heavy atom. The first-order valence-electron chi connectivity index (χ1n) is 4.33. The molecule has 0 bridgehead atoms. The maximum atomic E-state index is 13.1. The van der Waals surface area contributed by atoms with Crippen LogP contribution in [-0.4, -0.2) is 11.3 Å². The second-order valence-corrected chi connectivity index (χ2v) is 3.32. The van der Waals surface area contributed by atoms with Crippen LogP contribution in [0.2, 0.25) is 0 Å². The number of rotatable bonds is 2. The van der Waals surface area contributed by atoms with Gasteiger partial charge in [0, 0.05) is 0 Å². The minimum atomic E-state index is -4.42. The molecule has 1 atom stereocenters. The van der Waals surface area contributed by atoms with E-state index >= 15 is 0 Å². The van der Waals surface area contributed by atoms with Crippen LogP contribution >= 0.6 is 0 Å². The molecule has 0 amide bonds. The average Bonchev–Trinajstić information content (AvgIpc) is 2.05. The Bertz CT molecular complexity index is 344. The molecule has 0 radical (unpaired) electrons. The van der Waals surface area contributed by atoms with Crippen molar-refractivity contribution in [3.05, 3.63) is 35.1 Å². The van der Waals surface area contributed by atoms with E-state index in [1.54, 1.807) is 0 Å². The van der Waals surface area contributed by atoms with E-state index in [-0.39, 0.29) is 5.56 Å². The van der Waals surface area contributed by atoms with Gasteiger partial charge in [0.25, 0.3) is 0 Å². The Morgan fingerprint density at radius 2 is 1.93 bits per heavy atom. The van der Waals surface area contributed by atoms with Gasteiger partial charge < -0.3 is 5.11 Å². The standard InChI is InChI=1S/C10H10F4O/c1-6(15)7-2-3-8(9(11)4-7)5-10(12,13)14/h2-4,6,15H,5H2,1H3. The average molecular weight is 222 g/mol. The molecule has 0 aliphatic carbocycles. The van der Waals surface area contributed by atoms with Gasteiger partial charge in [-0.3, -0.25) is 0 Å². The second kappa shape index (κ2) is 4.18. The van der Waals surface area contributed by atoms with Gasteiger partial charge in [0.2, 0.25) is 0 Å². The molecule has 0 heterocycles. The van der Waals surface area contributed by atoms with Crippen LogP contribution in [0.5, 0.6) is 0 Å². The first-order valence-corrected chi connectivity index (χ1v) is 4.33. The third-order valence-electron chi connectivity index (χ3n) is 1.95. The SMILES string of the molecule is CC(O)c1ccc(CC(F)(F)F)c(F)c1. The number of benzene rings is 1. The van der Waals surface area contributed by atoms with Gasteiger partial charge in [0.15, 0.2) is 0 Å². The second-order valence-electron chi connectivity index (χ2n) is 3.32. The normalized spacial score (nSPS) is 14.0. The molecule has 1 N–H and O–H groups in total. The fourth-order valence-electron chi connectivity index (χ4n) is 1.18. The zero-order valence-corrected chi connectivity index (χ0v) is 7.98. The Hall–Kier alpha value is -1.10. The van der Waals surface area contributed by atoms with Crippen molar-refractivity contribution in [2.24, 2.45) is 0 Å². The highest BCUT2D eigenvalue weighted by molar-refractivity contribution is 5.26. The lowest BCUT2D eigenvalue weighted by Gasteiger charge is -2.10. The summed E-state index contributed by atoms with van der Waals surface area (Å²) >= 11 is 0. The van der Waals surface area contributed by atoms with E-state index in [0.29, 0.717) is 0 Å². The van der Waals surface area contributed by atoms with E-state index in [1.165, 1.54) is 13.0 Å². The molecule has 0 spiro atoms. The van der Waals surface area contributed by atoms with E-state index < -0.39 is 30.1 Å². The summed E-state index contributed by atoms with van der Waals surface area (Å²) in [6.07, 6.45) is -6.61. The topological polar surface area (TPSA) is 20.2 Å². The molecule has 0 aliphatic heterocycles. The monoisotopic (exact) mass is 222 g/mol. The van der Waals surface area contributed by atoms with Crippen molar-refractivity contribution in [3.8, 4) is 0 Å². The summed E-state index contributed by atoms with van der Waals surface area (Å²) in [5.74, 6) is -0.939. The highest BCUT2D eigenvalue weighted by atomic mass is 19.4. The zero-order chi connectivity index (χ0) is 11.6. The summed E-state index contributed by atoms with van der Waals surface area (Å²) in [5.41, 5.74) is -0.148. The van der Waals surface area contributed by atoms with Crippen LogP contribution < -0.4 is 0 Å². The molecule has 15 heavy (non-hydrogen) atoms. The molecular formula is C10H10F4O. The molecule has 0 fully saturated rings. The van der Waals surface area contributed by atoms with Crippen LogP contribution in [0.3, 0.4) is 0 Å². The quantitative estimate of drug-likeness (QED) is 0.762. The molecule has 0 aliphatic rings. The van der Waals surface area contributed by atoms with Gasteiger partial charge in [0.05, 0.1) is 12.5 Å². The Kier molecular flexibility index (Phi) is 3.34. The number of halogens is 4. The number of hydrogen-bond donors (Lipinski definition) is 1. The molecule has 5 heteroatoms. The lowest BCUT2D eigenvalue weighted by molar-refractivity contribution is -0.127. The fraction of sp³-hybridized carbons (Fsp3) is 0.400. The van der Waals surface area contributed by atoms with Crippen molar-refractivity contribution in [3.63, 3.8) is 0 Å². The first kappa shape index (κ1) is 12.0. The maximum Gasteiger partial charge on any atom is 0.393 e. The largest absolute Gasteiger partial charge is 0.393 e. The van der Waals surface area contributed by atoms with Gasteiger partial charge in [-0.2, -0.15) is 13.2 Å². The van der Waals surface area contributed by atoms with Gasteiger partial charge in [-0.25, -0.2) is 4.39 Å². The molecule has 0 saturated carbocycles. The molecule has 84 valence electrons. The van der Waals surface area contributed by atoms with Crippen molar-refractivity contribution >= 4 is 0 Å². The van der Waals surface area contributed by atoms with E-state index in [4.69, 9.17) is 5.11 Å². The fourth-order valence-corrected chi connectivity index (χ4v) is 1.18. The molecule has 1 rings (SSSR count). The summed E-state index contributed by atoms with van der Waals surface area (Å²) in [7, 11) is 0. The molecule has 1 aromatic rings. The lowest BCUT2D eigenvalue weighted by Crippen LogP contribution is -2.13. The van der Waals surface area contributed by atoms with Crippen molar-refractivity contribution in [1.29, 1.82) is 0 Å². The van der Waals surface area contributed by atoms with Crippen LogP contribution in [0, 0.1) is 5.82 Å². The maximum absolute atomic E-state index is 13.1. The highest BCUT2D eigenvalue weighted by Gasteiger charge is 2.29. The van der Waals surface area contributed by atoms with E-state index in [2.05, 4.69) is 0 Å². The number of alkyl halides is 3. The van der Waals surface area contributed by atoms with Crippen LogP contribution in [0.4, 0.5) is 17.6 Å². The smallest absolute Gasteiger partial charge is 0.389 e. The summed E-state index contributed by atoms with van der Waals surface area (Å²) in [5, 5.41) is 9.08. The van der Waals surface area contributed by atoms with Crippen molar-refractivity contribution in [2.45, 2.75) is 25.6 Å². The van der Waals surface area contributed by atoms with Gasteiger partial charge in [-0.1, -0.05) is 12.1 Å². The summed E-state index contributed by atoms with van der Waals surface area (Å²) in [6.45, 7) is 1.41. The third kappa shape index (κ3) is 3.51. The molecule has 1 nitrogen and oxygen atoms in total. The van der Waals surface area contributed by atoms with E-state index in [1.807, 2.05) is 0 Å². The Morgan fingerprint density at radius 3 is 2.33 bits per heavy atom. The minimum absolute atomic E-state index is 0.262. The molecular weight excluding hydrogens is 212 g/mol. The van der Waals surface area contributed by atoms with Gasteiger partial charge in [-0.15, -0.1) is 0 Å². The lowest BCUT2D eigenvalue weighted by atomic mass is 10.1. The Balaban J connectivity index is 2.94. The molecule has 0 aromatic heterocycles. The molecule has 0 saturated heterocycles. The first-order chi connectivity index (χ1) is 6.79. The van der Waals surface area contributed by atoms with Crippen LogP contribution in [0.1, 0.15) is 24.2 Å². The van der Waals surface area contributed by atoms with Gasteiger partial charge in [-0.05, 0) is 24.1 Å². The predicted octanol–water partition coefficient (Wildman–Crippen LogP) is 2.98. The van der Waals surface area contributed by atoms with Gasteiger partial charge in [0.1, 0.15) is 5.82 Å². The van der Waals surface area contributed by atoms with Crippen molar-refractivity contribution < 1.29 is 22.7 Å². The van der Waals surface area contributed by atoms with Gasteiger partial charge >= 0.3 is 6.18 Å². The summed E-state index contributed by atoms with van der Waals surface area (Å²) in [6, 6.07) is 3.26. The van der Waals surface area contributed by atoms with Crippen LogP contribution in [0.25, 0.3) is 0 Å².